The lowest BCUT2D eigenvalue weighted by atomic mass is 10.1. The molecule has 0 saturated carbocycles. The summed E-state index contributed by atoms with van der Waals surface area (Å²) in [4.78, 5) is 34.7. The topological polar surface area (TPSA) is 74.7 Å². The fraction of sp³-hybridized carbons (Fsp3) is 0.250. The first-order valence-electron chi connectivity index (χ1n) is 5.31. The van der Waals surface area contributed by atoms with Gasteiger partial charge in [0.2, 0.25) is 11.8 Å². The molecule has 0 bridgehead atoms. The monoisotopic (exact) mass is 251 g/mol. The fourth-order valence-corrected chi connectivity index (χ4v) is 1.86. The van der Waals surface area contributed by atoms with Crippen LogP contribution in [0.25, 0.3) is 0 Å². The highest BCUT2D eigenvalue weighted by Crippen LogP contribution is 2.28. The molecule has 1 fully saturated rings. The summed E-state index contributed by atoms with van der Waals surface area (Å²) in [6.45, 7) is 1.59. The van der Waals surface area contributed by atoms with Gasteiger partial charge in [-0.05, 0) is 18.2 Å². The third-order valence-corrected chi connectivity index (χ3v) is 2.81. The van der Waals surface area contributed by atoms with E-state index in [0.717, 1.165) is 23.1 Å². The molecule has 1 N–H and O–H groups in total. The maximum atomic E-state index is 13.7. The first-order valence-corrected chi connectivity index (χ1v) is 5.31. The van der Waals surface area contributed by atoms with Crippen LogP contribution in [0.15, 0.2) is 18.2 Å². The van der Waals surface area contributed by atoms with E-state index in [4.69, 9.17) is 5.11 Å². The summed E-state index contributed by atoms with van der Waals surface area (Å²) < 4.78 is 13.7. The zero-order valence-corrected chi connectivity index (χ0v) is 9.51. The number of halogens is 1. The predicted octanol–water partition coefficient (Wildman–Crippen LogP) is 1.42. The predicted molar refractivity (Wildman–Crippen MR) is 59.6 cm³/mol. The minimum absolute atomic E-state index is 0.0406. The number of aromatic carboxylic acids is 1. The number of carbonyl (C=O) groups is 3. The minimum atomic E-state index is -1.27. The van der Waals surface area contributed by atoms with E-state index < -0.39 is 29.5 Å². The molecule has 1 heterocycles. The Hall–Kier alpha value is -2.24. The number of benzene rings is 1. The average molecular weight is 251 g/mol. The van der Waals surface area contributed by atoms with Gasteiger partial charge in [-0.25, -0.2) is 14.1 Å². The standard InChI is InChI=1S/C12H10FNO4/c1-6-4-10(15)14(11(6)16)9-3-2-7(12(17)18)5-8(9)13/h2-3,5-6H,4H2,1H3,(H,17,18). The molecule has 1 saturated heterocycles. The van der Waals surface area contributed by atoms with Crippen molar-refractivity contribution in [3.8, 4) is 0 Å². The van der Waals surface area contributed by atoms with Gasteiger partial charge >= 0.3 is 5.97 Å². The average Bonchev–Trinajstić information content (AvgIpc) is 2.54. The van der Waals surface area contributed by atoms with Gasteiger partial charge < -0.3 is 5.11 Å². The lowest BCUT2D eigenvalue weighted by Gasteiger charge is -2.15. The summed E-state index contributed by atoms with van der Waals surface area (Å²) in [7, 11) is 0. The molecule has 1 aromatic carbocycles. The molecule has 18 heavy (non-hydrogen) atoms. The van der Waals surface area contributed by atoms with Crippen molar-refractivity contribution in [3.05, 3.63) is 29.6 Å². The Labute approximate surface area is 102 Å². The van der Waals surface area contributed by atoms with Gasteiger partial charge in [-0.1, -0.05) is 6.92 Å². The van der Waals surface area contributed by atoms with Gasteiger partial charge in [0.25, 0.3) is 0 Å². The van der Waals surface area contributed by atoms with Crippen LogP contribution in [-0.2, 0) is 9.59 Å². The largest absolute Gasteiger partial charge is 0.478 e. The molecular weight excluding hydrogens is 241 g/mol. The zero-order chi connectivity index (χ0) is 13.4. The van der Waals surface area contributed by atoms with Crippen LogP contribution in [0.4, 0.5) is 10.1 Å². The van der Waals surface area contributed by atoms with Crippen LogP contribution in [0.5, 0.6) is 0 Å². The molecule has 0 radical (unpaired) electrons. The van der Waals surface area contributed by atoms with E-state index in [9.17, 15) is 18.8 Å². The van der Waals surface area contributed by atoms with Crippen molar-refractivity contribution >= 4 is 23.5 Å². The smallest absolute Gasteiger partial charge is 0.335 e. The third-order valence-electron chi connectivity index (χ3n) is 2.81. The van der Waals surface area contributed by atoms with E-state index >= 15 is 0 Å². The van der Waals surface area contributed by atoms with Crippen LogP contribution in [0.1, 0.15) is 23.7 Å². The van der Waals surface area contributed by atoms with Crippen molar-refractivity contribution in [3.63, 3.8) is 0 Å². The summed E-state index contributed by atoms with van der Waals surface area (Å²) in [6, 6.07) is 3.08. The highest BCUT2D eigenvalue weighted by molar-refractivity contribution is 6.20. The number of nitrogens with zero attached hydrogens (tertiary/aromatic N) is 1. The van der Waals surface area contributed by atoms with Crippen molar-refractivity contribution < 1.29 is 23.9 Å². The number of carbonyl (C=O) groups excluding carboxylic acids is 2. The number of imide groups is 1. The van der Waals surface area contributed by atoms with Gasteiger partial charge in [0.1, 0.15) is 5.82 Å². The van der Waals surface area contributed by atoms with E-state index in [1.165, 1.54) is 0 Å². The summed E-state index contributed by atoms with van der Waals surface area (Å²) in [5.41, 5.74) is -0.428. The second-order valence-corrected chi connectivity index (χ2v) is 4.14. The van der Waals surface area contributed by atoms with E-state index in [1.807, 2.05) is 0 Å². The zero-order valence-electron chi connectivity index (χ0n) is 9.51. The first kappa shape index (κ1) is 12.2. The minimum Gasteiger partial charge on any atom is -0.478 e. The molecule has 0 aromatic heterocycles. The van der Waals surface area contributed by atoms with E-state index in [2.05, 4.69) is 0 Å². The van der Waals surface area contributed by atoms with Gasteiger partial charge in [0, 0.05) is 12.3 Å². The van der Waals surface area contributed by atoms with E-state index in [-0.39, 0.29) is 17.7 Å². The second-order valence-electron chi connectivity index (χ2n) is 4.14. The van der Waals surface area contributed by atoms with Crippen molar-refractivity contribution in [2.75, 3.05) is 4.90 Å². The number of rotatable bonds is 2. The molecule has 1 aliphatic rings. The Morgan fingerprint density at radius 2 is 2.11 bits per heavy atom. The van der Waals surface area contributed by atoms with Gasteiger partial charge in [-0.3, -0.25) is 9.59 Å². The number of amides is 2. The maximum absolute atomic E-state index is 13.7. The van der Waals surface area contributed by atoms with Gasteiger partial charge in [-0.2, -0.15) is 0 Å². The molecule has 1 atom stereocenters. The number of carboxylic acids is 1. The van der Waals surface area contributed by atoms with Crippen LogP contribution < -0.4 is 4.90 Å². The second kappa shape index (κ2) is 4.21. The maximum Gasteiger partial charge on any atom is 0.335 e. The molecule has 0 spiro atoms. The van der Waals surface area contributed by atoms with Crippen molar-refractivity contribution in [1.29, 1.82) is 0 Å². The van der Waals surface area contributed by atoms with E-state index in [0.29, 0.717) is 0 Å². The van der Waals surface area contributed by atoms with Gasteiger partial charge in [-0.15, -0.1) is 0 Å². The van der Waals surface area contributed by atoms with E-state index in [1.54, 1.807) is 6.92 Å². The molecule has 1 unspecified atom stereocenters. The number of hydrogen-bond acceptors (Lipinski definition) is 3. The Morgan fingerprint density at radius 3 is 2.56 bits per heavy atom. The Morgan fingerprint density at radius 1 is 1.44 bits per heavy atom. The molecule has 2 rings (SSSR count). The molecule has 6 heteroatoms. The summed E-state index contributed by atoms with van der Waals surface area (Å²) in [5, 5.41) is 8.70. The molecule has 94 valence electrons. The van der Waals surface area contributed by atoms with Crippen LogP contribution in [-0.4, -0.2) is 22.9 Å². The van der Waals surface area contributed by atoms with Gasteiger partial charge in [0.15, 0.2) is 0 Å². The summed E-state index contributed by atoms with van der Waals surface area (Å²) in [5.74, 6) is -3.59. The fourth-order valence-electron chi connectivity index (χ4n) is 1.86. The van der Waals surface area contributed by atoms with Crippen LogP contribution in [0, 0.1) is 11.7 Å². The molecule has 1 aliphatic heterocycles. The molecule has 2 amide bonds. The Balaban J connectivity index is 2.43. The number of anilines is 1. The Bertz CT molecular complexity index is 555. The molecular formula is C12H10FNO4. The summed E-state index contributed by atoms with van der Waals surface area (Å²) in [6.07, 6.45) is 0.0406. The lowest BCUT2D eigenvalue weighted by molar-refractivity contribution is -0.122. The van der Waals surface area contributed by atoms with Crippen LogP contribution in [0.2, 0.25) is 0 Å². The first-order chi connectivity index (χ1) is 8.41. The summed E-state index contributed by atoms with van der Waals surface area (Å²) >= 11 is 0. The number of carboxylic acid groups (broad SMARTS) is 1. The highest BCUT2D eigenvalue weighted by atomic mass is 19.1. The third kappa shape index (κ3) is 1.85. The van der Waals surface area contributed by atoms with Crippen molar-refractivity contribution in [2.45, 2.75) is 13.3 Å². The van der Waals surface area contributed by atoms with Gasteiger partial charge in [0.05, 0.1) is 11.3 Å². The van der Waals surface area contributed by atoms with Crippen molar-refractivity contribution in [2.24, 2.45) is 5.92 Å². The highest BCUT2D eigenvalue weighted by Gasteiger charge is 2.37. The molecule has 1 aromatic rings. The normalized spacial score (nSPS) is 19.4. The van der Waals surface area contributed by atoms with Crippen LogP contribution in [0.3, 0.4) is 0 Å². The Kier molecular flexibility index (Phi) is 2.86. The quantitative estimate of drug-likeness (QED) is 0.807. The van der Waals surface area contributed by atoms with Crippen molar-refractivity contribution in [1.82, 2.24) is 0 Å². The lowest BCUT2D eigenvalue weighted by Crippen LogP contribution is -2.30. The SMILES string of the molecule is CC1CC(=O)N(c2ccc(C(=O)O)cc2F)C1=O. The van der Waals surface area contributed by atoms with Crippen LogP contribution >= 0.6 is 0 Å². The molecule has 0 aliphatic carbocycles. The molecule has 5 nitrogen and oxygen atoms in total. The number of hydrogen-bond donors (Lipinski definition) is 1.